The fourth-order valence-corrected chi connectivity index (χ4v) is 4.37. The quantitative estimate of drug-likeness (QED) is 0.167. The van der Waals surface area contributed by atoms with E-state index in [0.29, 0.717) is 5.92 Å². The second-order valence-corrected chi connectivity index (χ2v) is 10.3. The Bertz CT molecular complexity index is 1440. The lowest BCUT2D eigenvalue weighted by molar-refractivity contribution is 0.0171. The molecule has 0 spiro atoms. The highest BCUT2D eigenvalue weighted by molar-refractivity contribution is 5.96. The van der Waals surface area contributed by atoms with Crippen LogP contribution >= 0.6 is 0 Å². The molecule has 224 valence electrons. The van der Waals surface area contributed by atoms with E-state index < -0.39 is 5.92 Å². The van der Waals surface area contributed by atoms with Crippen LogP contribution in [-0.4, -0.2) is 11.2 Å². The third-order valence-electron chi connectivity index (χ3n) is 6.50. The number of nitrogens with zero attached hydrogens (tertiary/aromatic N) is 2. The van der Waals surface area contributed by atoms with Gasteiger partial charge in [-0.25, -0.2) is 8.78 Å². The largest absolute Gasteiger partial charge is 0.272 e. The Morgan fingerprint density at radius 3 is 2.17 bits per heavy atom. The molecule has 0 saturated carbocycles. The molecule has 0 aliphatic heterocycles. The number of aromatic nitrogens is 1. The molecule has 4 heteroatoms. The van der Waals surface area contributed by atoms with Crippen LogP contribution < -0.4 is 0 Å². The molecule has 1 aromatic heterocycles. The Kier molecular flexibility index (Phi) is 15.3. The van der Waals surface area contributed by atoms with Crippen LogP contribution in [0.1, 0.15) is 87.4 Å². The molecule has 0 aliphatic carbocycles. The number of aliphatic imine (C=N–C) groups is 1. The van der Waals surface area contributed by atoms with Crippen LogP contribution in [0.25, 0.3) is 16.8 Å². The van der Waals surface area contributed by atoms with E-state index in [1.54, 1.807) is 13.0 Å². The molecule has 0 saturated heterocycles. The Labute approximate surface area is 253 Å². The molecule has 0 amide bonds. The molecule has 4 aromatic rings. The van der Waals surface area contributed by atoms with Crippen LogP contribution in [0.2, 0.25) is 0 Å². The van der Waals surface area contributed by atoms with E-state index in [1.807, 2.05) is 33.1 Å². The highest BCUT2D eigenvalue weighted by Gasteiger charge is 2.23. The van der Waals surface area contributed by atoms with Gasteiger partial charge in [-0.15, -0.1) is 6.58 Å². The Morgan fingerprint density at radius 1 is 0.976 bits per heavy atom. The van der Waals surface area contributed by atoms with Crippen molar-refractivity contribution in [2.75, 3.05) is 0 Å². The fourth-order valence-electron chi connectivity index (χ4n) is 4.37. The second-order valence-electron chi connectivity index (χ2n) is 10.3. The normalized spacial score (nSPS) is 11.3. The lowest BCUT2D eigenvalue weighted by Gasteiger charge is -2.14. The number of pyridine rings is 1. The first-order valence-electron chi connectivity index (χ1n) is 14.5. The molecule has 0 N–H and O–H groups in total. The second kappa shape index (κ2) is 17.8. The van der Waals surface area contributed by atoms with Crippen molar-refractivity contribution in [2.24, 2.45) is 4.99 Å². The summed E-state index contributed by atoms with van der Waals surface area (Å²) >= 11 is 0. The van der Waals surface area contributed by atoms with Crippen molar-refractivity contribution < 1.29 is 8.78 Å². The standard InChI is InChI=1S/C15H15N.C13H18.C8H9F2N.C2H6/c1-4-12-7-9-14-13(10-12)8-6-11(3)15(14)16-5-2;1-10(2)9-12(4)13-8-6-5-7-11(13)3;1-6-3-4-7(5-11-6)8(2,9)10;1-2/h4-10H,1H2,2-3H3;5-8,12H,1,9H2,2-4H3;3-5H,1-2H3;1-2H3. The van der Waals surface area contributed by atoms with Gasteiger partial charge in [-0.1, -0.05) is 87.5 Å². The molecule has 0 bridgehead atoms. The van der Waals surface area contributed by atoms with Crippen molar-refractivity contribution in [3.63, 3.8) is 0 Å². The van der Waals surface area contributed by atoms with Crippen LogP contribution in [0.15, 0.2) is 96.7 Å². The third kappa shape index (κ3) is 11.5. The summed E-state index contributed by atoms with van der Waals surface area (Å²) in [5, 5.41) is 2.41. The van der Waals surface area contributed by atoms with E-state index >= 15 is 0 Å². The maximum atomic E-state index is 12.5. The van der Waals surface area contributed by atoms with Gasteiger partial charge in [0.2, 0.25) is 0 Å². The maximum absolute atomic E-state index is 12.5. The number of halogens is 2. The van der Waals surface area contributed by atoms with E-state index in [1.165, 1.54) is 45.3 Å². The summed E-state index contributed by atoms with van der Waals surface area (Å²) in [6, 6.07) is 22.1. The summed E-state index contributed by atoms with van der Waals surface area (Å²) in [5.74, 6) is -2.18. The van der Waals surface area contributed by atoms with E-state index in [9.17, 15) is 8.78 Å². The minimum atomic E-state index is -2.78. The van der Waals surface area contributed by atoms with Gasteiger partial charge in [0.1, 0.15) is 0 Å². The van der Waals surface area contributed by atoms with Crippen molar-refractivity contribution in [1.29, 1.82) is 0 Å². The average Bonchev–Trinajstić information content (AvgIpc) is 2.96. The molecule has 1 atom stereocenters. The summed E-state index contributed by atoms with van der Waals surface area (Å²) in [7, 11) is 0. The zero-order valence-corrected chi connectivity index (χ0v) is 26.9. The van der Waals surface area contributed by atoms with Crippen molar-refractivity contribution in [1.82, 2.24) is 4.98 Å². The van der Waals surface area contributed by atoms with E-state index in [0.717, 1.165) is 30.3 Å². The van der Waals surface area contributed by atoms with Crippen molar-refractivity contribution >= 4 is 28.8 Å². The topological polar surface area (TPSA) is 25.2 Å². The van der Waals surface area contributed by atoms with Crippen LogP contribution in [0.4, 0.5) is 14.5 Å². The monoisotopic (exact) mass is 570 g/mol. The predicted octanol–water partition coefficient (Wildman–Crippen LogP) is 12.1. The number of alkyl halides is 2. The van der Waals surface area contributed by atoms with Crippen molar-refractivity contribution in [3.8, 4) is 0 Å². The summed E-state index contributed by atoms with van der Waals surface area (Å²) in [5.41, 5.74) is 8.22. The minimum absolute atomic E-state index is 0.0388. The smallest absolute Gasteiger partial charge is 0.261 e. The zero-order chi connectivity index (χ0) is 31.9. The SMILES string of the molecule is C=C(C)CC(C)c1ccccc1C.C=Cc1ccc2c(N=CC)c(C)ccc2c1.CC.Cc1ccc(C(C)(F)F)cn1. The molecule has 0 fully saturated rings. The highest BCUT2D eigenvalue weighted by atomic mass is 19.3. The van der Waals surface area contributed by atoms with Gasteiger partial charge in [-0.3, -0.25) is 9.98 Å². The Balaban J connectivity index is 0.000000311. The molecule has 1 heterocycles. The number of hydrogen-bond donors (Lipinski definition) is 0. The Morgan fingerprint density at radius 2 is 1.64 bits per heavy atom. The molecule has 1 unspecified atom stereocenters. The number of hydrogen-bond acceptors (Lipinski definition) is 2. The van der Waals surface area contributed by atoms with Gasteiger partial charge in [0.15, 0.2) is 0 Å². The molecular weight excluding hydrogens is 522 g/mol. The molecule has 3 aromatic carbocycles. The first-order valence-corrected chi connectivity index (χ1v) is 14.5. The fraction of sp³-hybridized carbons (Fsp3) is 0.316. The van der Waals surface area contributed by atoms with E-state index in [-0.39, 0.29) is 5.56 Å². The van der Waals surface area contributed by atoms with Gasteiger partial charge >= 0.3 is 0 Å². The summed E-state index contributed by atoms with van der Waals surface area (Å²) in [6.45, 7) is 24.9. The molecule has 42 heavy (non-hydrogen) atoms. The first-order chi connectivity index (χ1) is 19.9. The molecule has 0 aliphatic rings. The lowest BCUT2D eigenvalue weighted by Crippen LogP contribution is -2.07. The third-order valence-corrected chi connectivity index (χ3v) is 6.50. The van der Waals surface area contributed by atoms with Crippen molar-refractivity contribution in [2.45, 2.75) is 80.6 Å². The van der Waals surface area contributed by atoms with Gasteiger partial charge in [-0.05, 0) is 92.8 Å². The van der Waals surface area contributed by atoms with Gasteiger partial charge < -0.3 is 0 Å². The number of fused-ring (bicyclic) bond motifs is 1. The minimum Gasteiger partial charge on any atom is -0.261 e. The lowest BCUT2D eigenvalue weighted by atomic mass is 9.92. The first kappa shape index (κ1) is 36.1. The van der Waals surface area contributed by atoms with E-state index in [4.69, 9.17) is 0 Å². The molecule has 4 rings (SSSR count). The number of aryl methyl sites for hydroxylation is 3. The summed E-state index contributed by atoms with van der Waals surface area (Å²) in [6.07, 6.45) is 5.99. The Hall–Kier alpha value is -3.92. The summed E-state index contributed by atoms with van der Waals surface area (Å²) < 4.78 is 25.1. The maximum Gasteiger partial charge on any atom is 0.272 e. The predicted molar refractivity (Wildman–Crippen MR) is 182 cm³/mol. The molecular formula is C38H48F2N2. The highest BCUT2D eigenvalue weighted by Crippen LogP contribution is 2.30. The van der Waals surface area contributed by atoms with Gasteiger partial charge in [0.05, 0.1) is 5.69 Å². The van der Waals surface area contributed by atoms with Gasteiger partial charge in [0, 0.05) is 36.0 Å². The zero-order valence-electron chi connectivity index (χ0n) is 26.9. The van der Waals surface area contributed by atoms with Gasteiger partial charge in [-0.2, -0.15) is 0 Å². The van der Waals surface area contributed by atoms with E-state index in [2.05, 4.69) is 105 Å². The van der Waals surface area contributed by atoms with Crippen LogP contribution in [0.3, 0.4) is 0 Å². The molecule has 2 nitrogen and oxygen atoms in total. The van der Waals surface area contributed by atoms with Gasteiger partial charge in [0.25, 0.3) is 5.92 Å². The number of benzene rings is 3. The average molecular weight is 571 g/mol. The summed E-state index contributed by atoms with van der Waals surface area (Å²) in [4.78, 5) is 8.20. The van der Waals surface area contributed by atoms with Crippen LogP contribution in [0, 0.1) is 20.8 Å². The molecule has 0 radical (unpaired) electrons. The number of rotatable bonds is 6. The van der Waals surface area contributed by atoms with Crippen LogP contribution in [0.5, 0.6) is 0 Å². The number of allylic oxidation sites excluding steroid dienone is 1. The van der Waals surface area contributed by atoms with Crippen molar-refractivity contribution in [3.05, 3.63) is 125 Å². The van der Waals surface area contributed by atoms with Crippen LogP contribution in [-0.2, 0) is 5.92 Å².